The fraction of sp³-hybridized carbons (Fsp3) is 0.500. The molecule has 0 aromatic heterocycles. The lowest BCUT2D eigenvalue weighted by Gasteiger charge is -2.21. The molecule has 1 fully saturated rings. The Balaban J connectivity index is 2.20. The van der Waals surface area contributed by atoms with Crippen LogP contribution in [0.3, 0.4) is 0 Å². The van der Waals surface area contributed by atoms with E-state index in [-0.39, 0.29) is 28.4 Å². The smallest absolute Gasteiger partial charge is 0.240 e. The van der Waals surface area contributed by atoms with Crippen LogP contribution in [0.4, 0.5) is 5.69 Å². The molecule has 0 bridgehead atoms. The number of amides is 1. The Kier molecular flexibility index (Phi) is 4.97. The van der Waals surface area contributed by atoms with E-state index in [2.05, 4.69) is 5.32 Å². The molecular weight excluding hydrogens is 290 g/mol. The number of rotatable bonds is 3. The molecule has 1 aliphatic rings. The summed E-state index contributed by atoms with van der Waals surface area (Å²) in [5, 5.41) is 7.83. The van der Waals surface area contributed by atoms with Gasteiger partial charge in [-0.05, 0) is 25.0 Å². The Labute approximate surface area is 124 Å². The fourth-order valence-corrected chi connectivity index (χ4v) is 3.40. The molecule has 2 rings (SSSR count). The van der Waals surface area contributed by atoms with Crippen molar-refractivity contribution in [2.45, 2.75) is 43.0 Å². The first-order valence-electron chi connectivity index (χ1n) is 7.08. The van der Waals surface area contributed by atoms with Crippen molar-refractivity contribution < 1.29 is 13.2 Å². The molecule has 5 N–H and O–H groups in total. The van der Waals surface area contributed by atoms with E-state index in [1.165, 1.54) is 12.1 Å². The Morgan fingerprint density at radius 1 is 1.14 bits per heavy atom. The van der Waals surface area contributed by atoms with Crippen molar-refractivity contribution in [3.05, 3.63) is 24.3 Å². The molecule has 0 spiro atoms. The largest absolute Gasteiger partial charge is 0.327 e. The molecule has 0 heterocycles. The second-order valence-electron chi connectivity index (χ2n) is 5.44. The average Bonchev–Trinajstić information content (AvgIpc) is 2.62. The molecule has 0 aliphatic heterocycles. The van der Waals surface area contributed by atoms with Crippen LogP contribution in [0.1, 0.15) is 32.1 Å². The number of carbonyl (C=O) groups is 1. The van der Waals surface area contributed by atoms with Crippen molar-refractivity contribution in [3.63, 3.8) is 0 Å². The van der Waals surface area contributed by atoms with Gasteiger partial charge in [-0.25, -0.2) is 13.6 Å². The summed E-state index contributed by atoms with van der Waals surface area (Å²) in [4.78, 5) is 12.3. The summed E-state index contributed by atoms with van der Waals surface area (Å²) >= 11 is 0. The van der Waals surface area contributed by atoms with Gasteiger partial charge in [-0.1, -0.05) is 31.4 Å². The molecular formula is C14H21N3O3S. The Bertz CT molecular complexity index is 616. The summed E-state index contributed by atoms with van der Waals surface area (Å²) in [5.41, 5.74) is 6.26. The molecule has 21 heavy (non-hydrogen) atoms. The van der Waals surface area contributed by atoms with Gasteiger partial charge in [-0.3, -0.25) is 4.79 Å². The van der Waals surface area contributed by atoms with Crippen molar-refractivity contribution >= 4 is 21.6 Å². The fourth-order valence-electron chi connectivity index (χ4n) is 2.71. The highest BCUT2D eigenvalue weighted by Crippen LogP contribution is 2.25. The third-order valence-electron chi connectivity index (χ3n) is 3.86. The van der Waals surface area contributed by atoms with E-state index in [0.29, 0.717) is 0 Å². The van der Waals surface area contributed by atoms with E-state index in [9.17, 15) is 13.2 Å². The van der Waals surface area contributed by atoms with Crippen LogP contribution in [0.25, 0.3) is 0 Å². The van der Waals surface area contributed by atoms with Gasteiger partial charge in [0.15, 0.2) is 0 Å². The predicted octanol–water partition coefficient (Wildman–Crippen LogP) is 1.18. The van der Waals surface area contributed by atoms with Crippen LogP contribution < -0.4 is 16.2 Å². The summed E-state index contributed by atoms with van der Waals surface area (Å²) in [7, 11) is -3.88. The molecule has 1 aliphatic carbocycles. The Hall–Kier alpha value is -1.44. The normalized spacial score (nSPS) is 23.3. The van der Waals surface area contributed by atoms with Crippen LogP contribution in [-0.4, -0.2) is 20.4 Å². The van der Waals surface area contributed by atoms with Gasteiger partial charge < -0.3 is 11.1 Å². The van der Waals surface area contributed by atoms with Gasteiger partial charge in [0.25, 0.3) is 0 Å². The topological polar surface area (TPSA) is 115 Å². The molecule has 2 atom stereocenters. The molecule has 7 heteroatoms. The minimum atomic E-state index is -3.88. The first-order valence-corrected chi connectivity index (χ1v) is 8.62. The van der Waals surface area contributed by atoms with Gasteiger partial charge in [-0.2, -0.15) is 0 Å². The van der Waals surface area contributed by atoms with Gasteiger partial charge in [0.05, 0.1) is 11.6 Å². The number of para-hydroxylation sites is 1. The van der Waals surface area contributed by atoms with E-state index in [4.69, 9.17) is 10.9 Å². The predicted molar refractivity (Wildman–Crippen MR) is 81.0 cm³/mol. The second kappa shape index (κ2) is 6.55. The minimum absolute atomic E-state index is 0.0828. The summed E-state index contributed by atoms with van der Waals surface area (Å²) < 4.78 is 23.1. The molecule has 1 amide bonds. The third-order valence-corrected chi connectivity index (χ3v) is 4.83. The van der Waals surface area contributed by atoms with Gasteiger partial charge in [0.1, 0.15) is 4.90 Å². The van der Waals surface area contributed by atoms with Crippen molar-refractivity contribution in [2.75, 3.05) is 5.32 Å². The lowest BCUT2D eigenvalue weighted by atomic mass is 9.94. The van der Waals surface area contributed by atoms with E-state index in [0.717, 1.165) is 32.1 Å². The molecule has 0 saturated heterocycles. The van der Waals surface area contributed by atoms with Gasteiger partial charge in [0.2, 0.25) is 15.9 Å². The number of hydrogen-bond acceptors (Lipinski definition) is 4. The van der Waals surface area contributed by atoms with Crippen molar-refractivity contribution in [2.24, 2.45) is 16.8 Å². The monoisotopic (exact) mass is 311 g/mol. The summed E-state index contributed by atoms with van der Waals surface area (Å²) in [6.07, 6.45) is 4.60. The van der Waals surface area contributed by atoms with Gasteiger partial charge >= 0.3 is 0 Å². The quantitative estimate of drug-likeness (QED) is 0.727. The highest BCUT2D eigenvalue weighted by Gasteiger charge is 2.28. The first-order chi connectivity index (χ1) is 9.89. The molecule has 6 nitrogen and oxygen atoms in total. The van der Waals surface area contributed by atoms with Gasteiger partial charge in [0, 0.05) is 6.04 Å². The number of nitrogens with one attached hydrogen (secondary N) is 1. The van der Waals surface area contributed by atoms with E-state index in [1.54, 1.807) is 12.1 Å². The highest BCUT2D eigenvalue weighted by atomic mass is 32.2. The Morgan fingerprint density at radius 2 is 1.81 bits per heavy atom. The van der Waals surface area contributed by atoms with Crippen molar-refractivity contribution in [3.8, 4) is 0 Å². The zero-order chi connectivity index (χ0) is 15.5. The van der Waals surface area contributed by atoms with E-state index < -0.39 is 10.0 Å². The molecule has 1 aromatic rings. The number of benzene rings is 1. The summed E-state index contributed by atoms with van der Waals surface area (Å²) in [6, 6.07) is 5.93. The number of primary sulfonamides is 1. The number of carbonyl (C=O) groups excluding carboxylic acids is 1. The van der Waals surface area contributed by atoms with Crippen LogP contribution >= 0.6 is 0 Å². The lowest BCUT2D eigenvalue weighted by molar-refractivity contribution is -0.120. The van der Waals surface area contributed by atoms with E-state index in [1.807, 2.05) is 0 Å². The van der Waals surface area contributed by atoms with Gasteiger partial charge in [-0.15, -0.1) is 0 Å². The van der Waals surface area contributed by atoms with Crippen LogP contribution in [0.2, 0.25) is 0 Å². The molecule has 0 radical (unpaired) electrons. The summed E-state index contributed by atoms with van der Waals surface area (Å²) in [5.74, 6) is -0.526. The molecule has 1 aromatic carbocycles. The van der Waals surface area contributed by atoms with Crippen LogP contribution in [-0.2, 0) is 14.8 Å². The zero-order valence-electron chi connectivity index (χ0n) is 11.8. The third kappa shape index (κ3) is 4.03. The van der Waals surface area contributed by atoms with Crippen LogP contribution in [0.5, 0.6) is 0 Å². The minimum Gasteiger partial charge on any atom is -0.327 e. The SMILES string of the molecule is NC1CCCCCC1C(=O)Nc1ccccc1S(N)(=O)=O. The van der Waals surface area contributed by atoms with Crippen molar-refractivity contribution in [1.82, 2.24) is 0 Å². The van der Waals surface area contributed by atoms with E-state index >= 15 is 0 Å². The number of sulfonamides is 1. The maximum atomic E-state index is 12.4. The maximum absolute atomic E-state index is 12.4. The molecule has 1 saturated carbocycles. The second-order valence-corrected chi connectivity index (χ2v) is 6.97. The molecule has 2 unspecified atom stereocenters. The standard InChI is InChI=1S/C14H21N3O3S/c15-11-7-3-1-2-6-10(11)14(18)17-12-8-4-5-9-13(12)21(16,19)20/h4-5,8-11H,1-3,6-7,15H2,(H,17,18)(H2,16,19,20). The number of nitrogens with two attached hydrogens (primary N) is 2. The zero-order valence-corrected chi connectivity index (χ0v) is 12.6. The lowest BCUT2D eigenvalue weighted by Crippen LogP contribution is -2.38. The first kappa shape index (κ1) is 15.9. The average molecular weight is 311 g/mol. The number of hydrogen-bond donors (Lipinski definition) is 3. The number of anilines is 1. The summed E-state index contributed by atoms with van der Waals surface area (Å²) in [6.45, 7) is 0. The van der Waals surface area contributed by atoms with Crippen molar-refractivity contribution in [1.29, 1.82) is 0 Å². The highest BCUT2D eigenvalue weighted by molar-refractivity contribution is 7.89. The molecule has 116 valence electrons. The van der Waals surface area contributed by atoms with Crippen LogP contribution in [0, 0.1) is 5.92 Å². The maximum Gasteiger partial charge on any atom is 0.240 e. The Morgan fingerprint density at radius 3 is 2.52 bits per heavy atom. The van der Waals surface area contributed by atoms with Crippen LogP contribution in [0.15, 0.2) is 29.2 Å².